The fourth-order valence-corrected chi connectivity index (χ4v) is 2.30. The minimum atomic E-state index is -0.439. The van der Waals surface area contributed by atoms with Gasteiger partial charge >= 0.3 is 0 Å². The van der Waals surface area contributed by atoms with Crippen molar-refractivity contribution in [2.24, 2.45) is 7.05 Å². The number of nitrogens with zero attached hydrogens (tertiary/aromatic N) is 5. The zero-order valence-electron chi connectivity index (χ0n) is 11.3. The van der Waals surface area contributed by atoms with E-state index in [0.29, 0.717) is 23.4 Å². The first-order chi connectivity index (χ1) is 10.1. The van der Waals surface area contributed by atoms with Crippen molar-refractivity contribution >= 4 is 16.6 Å². The predicted molar refractivity (Wildman–Crippen MR) is 75.7 cm³/mol. The summed E-state index contributed by atoms with van der Waals surface area (Å²) in [4.78, 5) is 14.8. The first-order valence-electron chi connectivity index (χ1n) is 6.35. The van der Waals surface area contributed by atoms with Crippen LogP contribution in [-0.2, 0) is 13.6 Å². The van der Waals surface area contributed by atoms with Gasteiger partial charge in [-0.15, -0.1) is 0 Å². The molecule has 108 valence electrons. The maximum Gasteiger partial charge on any atom is 0.270 e. The fraction of sp³-hybridized carbons (Fsp3) is 0.231. The van der Waals surface area contributed by atoms with Gasteiger partial charge in [-0.25, -0.2) is 4.98 Å². The predicted octanol–water partition coefficient (Wildman–Crippen LogP) is 1.34. The molecule has 1 aromatic carbocycles. The lowest BCUT2D eigenvalue weighted by atomic mass is 10.2. The van der Waals surface area contributed by atoms with Crippen LogP contribution in [0, 0.1) is 10.1 Å². The summed E-state index contributed by atoms with van der Waals surface area (Å²) >= 11 is 0. The summed E-state index contributed by atoms with van der Waals surface area (Å²) in [6.07, 6.45) is 3.42. The summed E-state index contributed by atoms with van der Waals surface area (Å²) in [5.41, 5.74) is 1.30. The van der Waals surface area contributed by atoms with E-state index in [9.17, 15) is 10.1 Å². The van der Waals surface area contributed by atoms with Gasteiger partial charge in [0, 0.05) is 37.0 Å². The minimum Gasteiger partial charge on any atom is -0.394 e. The van der Waals surface area contributed by atoms with Gasteiger partial charge in [-0.2, -0.15) is 5.10 Å². The Morgan fingerprint density at radius 3 is 2.86 bits per heavy atom. The first kappa shape index (κ1) is 13.3. The Morgan fingerprint density at radius 1 is 1.43 bits per heavy atom. The van der Waals surface area contributed by atoms with Gasteiger partial charge in [0.05, 0.1) is 23.6 Å². The lowest BCUT2D eigenvalue weighted by Gasteiger charge is -1.99. The number of hydrogen-bond donors (Lipinski definition) is 1. The molecule has 0 saturated heterocycles. The number of aryl methyl sites for hydroxylation is 1. The zero-order valence-corrected chi connectivity index (χ0v) is 11.3. The highest BCUT2D eigenvalue weighted by Crippen LogP contribution is 2.29. The second kappa shape index (κ2) is 4.98. The third-order valence-corrected chi connectivity index (χ3v) is 3.29. The number of fused-ring (bicyclic) bond motifs is 1. The highest BCUT2D eigenvalue weighted by atomic mass is 16.6. The normalized spacial score (nSPS) is 11.1. The Hall–Kier alpha value is -2.74. The van der Waals surface area contributed by atoms with E-state index in [4.69, 9.17) is 5.11 Å². The van der Waals surface area contributed by atoms with Crippen LogP contribution in [0.4, 0.5) is 5.69 Å². The van der Waals surface area contributed by atoms with Crippen molar-refractivity contribution < 1.29 is 10.0 Å². The number of aliphatic hydroxyl groups excluding tert-OH is 1. The molecule has 0 bridgehead atoms. The molecule has 0 spiro atoms. The molecule has 1 N–H and O–H groups in total. The van der Waals surface area contributed by atoms with Crippen LogP contribution in [0.1, 0.15) is 0 Å². The Balaban J connectivity index is 2.29. The van der Waals surface area contributed by atoms with E-state index in [-0.39, 0.29) is 12.3 Å². The molecule has 2 heterocycles. The summed E-state index contributed by atoms with van der Waals surface area (Å²) in [7, 11) is 1.83. The first-order valence-corrected chi connectivity index (χ1v) is 6.35. The molecule has 3 rings (SSSR count). The maximum absolute atomic E-state index is 11.0. The summed E-state index contributed by atoms with van der Waals surface area (Å²) in [6, 6.07) is 4.56. The quantitative estimate of drug-likeness (QED) is 0.576. The van der Waals surface area contributed by atoms with Crippen molar-refractivity contribution in [2.75, 3.05) is 6.61 Å². The number of imidazole rings is 1. The van der Waals surface area contributed by atoms with E-state index in [0.717, 1.165) is 5.52 Å². The van der Waals surface area contributed by atoms with Crippen LogP contribution in [0.25, 0.3) is 22.4 Å². The molecule has 0 aliphatic carbocycles. The minimum absolute atomic E-state index is 0.00140. The van der Waals surface area contributed by atoms with Crippen LogP contribution < -0.4 is 0 Å². The molecule has 0 fully saturated rings. The Kier molecular flexibility index (Phi) is 3.15. The molecule has 21 heavy (non-hydrogen) atoms. The second-order valence-corrected chi connectivity index (χ2v) is 4.62. The van der Waals surface area contributed by atoms with Gasteiger partial charge in [0.1, 0.15) is 5.69 Å². The SMILES string of the molecule is Cn1ccnc1-c1nn(CCO)c2ccc([N+](=O)[O-])cc12. The maximum atomic E-state index is 11.0. The molecule has 3 aromatic rings. The van der Waals surface area contributed by atoms with E-state index in [2.05, 4.69) is 10.1 Å². The van der Waals surface area contributed by atoms with Crippen molar-refractivity contribution in [3.63, 3.8) is 0 Å². The molecule has 0 radical (unpaired) electrons. The van der Waals surface area contributed by atoms with E-state index >= 15 is 0 Å². The molecule has 0 unspecified atom stereocenters. The molecule has 8 nitrogen and oxygen atoms in total. The van der Waals surface area contributed by atoms with Gasteiger partial charge in [0.15, 0.2) is 5.82 Å². The Morgan fingerprint density at radius 2 is 2.24 bits per heavy atom. The van der Waals surface area contributed by atoms with Crippen molar-refractivity contribution in [3.8, 4) is 11.5 Å². The van der Waals surface area contributed by atoms with Crippen molar-refractivity contribution in [3.05, 3.63) is 40.7 Å². The van der Waals surface area contributed by atoms with Crippen molar-refractivity contribution in [1.82, 2.24) is 19.3 Å². The lowest BCUT2D eigenvalue weighted by Crippen LogP contribution is -2.04. The zero-order chi connectivity index (χ0) is 15.0. The van der Waals surface area contributed by atoms with Gasteiger partial charge in [-0.1, -0.05) is 0 Å². The summed E-state index contributed by atoms with van der Waals surface area (Å²) in [5.74, 6) is 0.622. The number of aliphatic hydroxyl groups is 1. The lowest BCUT2D eigenvalue weighted by molar-refractivity contribution is -0.384. The molecular weight excluding hydrogens is 274 g/mol. The molecular formula is C13H13N5O3. The monoisotopic (exact) mass is 287 g/mol. The third-order valence-electron chi connectivity index (χ3n) is 3.29. The van der Waals surface area contributed by atoms with Crippen LogP contribution >= 0.6 is 0 Å². The molecule has 0 aliphatic rings. The fourth-order valence-electron chi connectivity index (χ4n) is 2.30. The molecule has 0 saturated carbocycles. The van der Waals surface area contributed by atoms with Crippen LogP contribution in [0.5, 0.6) is 0 Å². The average molecular weight is 287 g/mol. The number of nitro groups is 1. The van der Waals surface area contributed by atoms with Crippen LogP contribution in [0.2, 0.25) is 0 Å². The van der Waals surface area contributed by atoms with Gasteiger partial charge in [-0.05, 0) is 6.07 Å². The Bertz CT molecular complexity index is 820. The Labute approximate surface area is 119 Å². The molecule has 2 aromatic heterocycles. The topological polar surface area (TPSA) is 99.0 Å². The third kappa shape index (κ3) is 2.15. The highest BCUT2D eigenvalue weighted by Gasteiger charge is 2.18. The van der Waals surface area contributed by atoms with Crippen molar-refractivity contribution in [2.45, 2.75) is 6.54 Å². The number of aromatic nitrogens is 4. The molecule has 0 amide bonds. The van der Waals surface area contributed by atoms with Gasteiger partial charge < -0.3 is 9.67 Å². The molecule has 0 aliphatic heterocycles. The second-order valence-electron chi connectivity index (χ2n) is 4.62. The highest BCUT2D eigenvalue weighted by molar-refractivity contribution is 5.93. The van der Waals surface area contributed by atoms with Crippen LogP contribution in [0.15, 0.2) is 30.6 Å². The van der Waals surface area contributed by atoms with E-state index < -0.39 is 4.92 Å². The van der Waals surface area contributed by atoms with Crippen molar-refractivity contribution in [1.29, 1.82) is 0 Å². The summed E-state index contributed by atoms with van der Waals surface area (Å²) in [5, 5.41) is 25.2. The van der Waals surface area contributed by atoms with Gasteiger partial charge in [0.2, 0.25) is 0 Å². The number of rotatable bonds is 4. The van der Waals surface area contributed by atoms with Gasteiger partial charge in [0.25, 0.3) is 5.69 Å². The largest absolute Gasteiger partial charge is 0.394 e. The molecule has 0 atom stereocenters. The van der Waals surface area contributed by atoms with E-state index in [1.165, 1.54) is 12.1 Å². The summed E-state index contributed by atoms with van der Waals surface area (Å²) < 4.78 is 3.42. The van der Waals surface area contributed by atoms with E-state index in [1.54, 1.807) is 27.7 Å². The van der Waals surface area contributed by atoms with Crippen LogP contribution in [0.3, 0.4) is 0 Å². The number of nitro benzene ring substituents is 1. The van der Waals surface area contributed by atoms with E-state index in [1.807, 2.05) is 7.05 Å². The van der Waals surface area contributed by atoms with Gasteiger partial charge in [-0.3, -0.25) is 14.8 Å². The standard InChI is InChI=1S/C13H13N5O3/c1-16-5-4-14-13(16)12-10-8-9(18(20)21)2-3-11(10)17(15-12)6-7-19/h2-5,8,19H,6-7H2,1H3. The van der Waals surface area contributed by atoms with Crippen LogP contribution in [-0.4, -0.2) is 36.0 Å². The molecule has 8 heteroatoms. The number of hydrogen-bond acceptors (Lipinski definition) is 5. The average Bonchev–Trinajstić information content (AvgIpc) is 3.03. The number of benzene rings is 1. The smallest absolute Gasteiger partial charge is 0.270 e. The number of non-ortho nitro benzene ring substituents is 1. The summed E-state index contributed by atoms with van der Waals surface area (Å²) in [6.45, 7) is 0.256.